The third-order valence-corrected chi connectivity index (χ3v) is 1.90. The minimum Gasteiger partial charge on any atom is -0.359 e. The van der Waals surface area contributed by atoms with Crippen molar-refractivity contribution in [1.82, 2.24) is 10.3 Å². The summed E-state index contributed by atoms with van der Waals surface area (Å²) in [5, 5.41) is 5.49. The number of pyridine rings is 1. The van der Waals surface area contributed by atoms with Gasteiger partial charge >= 0.3 is 0 Å². The number of nitrogen functional groups attached to an aromatic ring is 1. The van der Waals surface area contributed by atoms with E-state index in [2.05, 4.69) is 21.0 Å². The van der Waals surface area contributed by atoms with E-state index in [1.165, 1.54) is 0 Å². The molecule has 6 nitrogen and oxygen atoms in total. The Morgan fingerprint density at radius 2 is 2.13 bits per heavy atom. The molecule has 5 N–H and O–H groups in total. The Kier molecular flexibility index (Phi) is 3.87. The maximum absolute atomic E-state index is 11.2. The number of nitrogens with one attached hydrogen (secondary N) is 3. The zero-order valence-corrected chi connectivity index (χ0v) is 8.74. The number of anilines is 2. The fraction of sp³-hybridized carbons (Fsp3) is 0.333. The van der Waals surface area contributed by atoms with Gasteiger partial charge in [0.05, 0.1) is 0 Å². The minimum atomic E-state index is -0.337. The van der Waals surface area contributed by atoms with E-state index >= 15 is 0 Å². The minimum absolute atomic E-state index is 0.0945. The van der Waals surface area contributed by atoms with Crippen LogP contribution in [0.4, 0.5) is 11.6 Å². The van der Waals surface area contributed by atoms with E-state index in [4.69, 9.17) is 5.84 Å². The van der Waals surface area contributed by atoms with Crippen LogP contribution in [0.1, 0.15) is 6.92 Å². The summed E-state index contributed by atoms with van der Waals surface area (Å²) in [4.78, 5) is 15.3. The van der Waals surface area contributed by atoms with Crippen LogP contribution in [0, 0.1) is 0 Å². The van der Waals surface area contributed by atoms with Gasteiger partial charge in [-0.2, -0.15) is 0 Å². The summed E-state index contributed by atoms with van der Waals surface area (Å²) in [6.45, 7) is 1.75. The van der Waals surface area contributed by atoms with E-state index in [0.29, 0.717) is 11.6 Å². The number of hydrogen-bond donors (Lipinski definition) is 4. The maximum Gasteiger partial charge on any atom is 0.241 e. The molecule has 0 aromatic carbocycles. The summed E-state index contributed by atoms with van der Waals surface area (Å²) in [6, 6.07) is 4.95. The fourth-order valence-electron chi connectivity index (χ4n) is 1.10. The summed E-state index contributed by atoms with van der Waals surface area (Å²) in [5.41, 5.74) is 2.43. The first kappa shape index (κ1) is 11.3. The molecule has 1 heterocycles. The highest BCUT2D eigenvalue weighted by atomic mass is 16.2. The van der Waals surface area contributed by atoms with E-state index < -0.39 is 0 Å². The molecule has 0 radical (unpaired) electrons. The summed E-state index contributed by atoms with van der Waals surface area (Å²) >= 11 is 0. The lowest BCUT2D eigenvalue weighted by Gasteiger charge is -2.13. The number of rotatable bonds is 4. The number of nitrogens with zero attached hydrogens (tertiary/aromatic N) is 1. The van der Waals surface area contributed by atoms with Crippen molar-refractivity contribution < 1.29 is 4.79 Å². The Balaban J connectivity index is 2.67. The molecule has 15 heavy (non-hydrogen) atoms. The van der Waals surface area contributed by atoms with E-state index in [1.807, 2.05) is 0 Å². The van der Waals surface area contributed by atoms with Crippen molar-refractivity contribution in [3.05, 3.63) is 18.2 Å². The maximum atomic E-state index is 11.2. The monoisotopic (exact) mass is 209 g/mol. The zero-order chi connectivity index (χ0) is 11.3. The first-order chi connectivity index (χ1) is 7.17. The van der Waals surface area contributed by atoms with Crippen LogP contribution in [0.25, 0.3) is 0 Å². The fourth-order valence-corrected chi connectivity index (χ4v) is 1.10. The number of carbonyl (C=O) groups is 1. The molecule has 1 amide bonds. The number of aromatic nitrogens is 1. The molecule has 1 aromatic rings. The van der Waals surface area contributed by atoms with E-state index in [1.54, 1.807) is 32.2 Å². The molecule has 0 saturated heterocycles. The van der Waals surface area contributed by atoms with Gasteiger partial charge < -0.3 is 16.1 Å². The van der Waals surface area contributed by atoms with Crippen molar-refractivity contribution in [2.75, 3.05) is 17.8 Å². The first-order valence-electron chi connectivity index (χ1n) is 4.59. The standard InChI is InChI=1S/C9H15N5O/c1-6(9(15)11-2)12-7-4-3-5-8(13-7)14-10/h3-6H,10H2,1-2H3,(H,11,15)(H2,12,13,14). The molecule has 0 bridgehead atoms. The highest BCUT2D eigenvalue weighted by Gasteiger charge is 2.10. The van der Waals surface area contributed by atoms with Crippen LogP contribution in [-0.4, -0.2) is 24.0 Å². The number of hydrazine groups is 1. The number of hydrogen-bond acceptors (Lipinski definition) is 5. The van der Waals surface area contributed by atoms with Crippen LogP contribution in [0.2, 0.25) is 0 Å². The Morgan fingerprint density at radius 3 is 2.73 bits per heavy atom. The molecule has 0 fully saturated rings. The molecule has 0 aliphatic heterocycles. The predicted molar refractivity (Wildman–Crippen MR) is 59.2 cm³/mol. The normalized spacial score (nSPS) is 11.7. The molecule has 0 aliphatic carbocycles. The Hall–Kier alpha value is -1.82. The summed E-state index contributed by atoms with van der Waals surface area (Å²) in [7, 11) is 1.59. The first-order valence-corrected chi connectivity index (χ1v) is 4.59. The lowest BCUT2D eigenvalue weighted by atomic mass is 10.3. The van der Waals surface area contributed by atoms with Crippen LogP contribution in [0.3, 0.4) is 0 Å². The van der Waals surface area contributed by atoms with Gasteiger partial charge in [-0.1, -0.05) is 6.07 Å². The molecule has 1 atom stereocenters. The smallest absolute Gasteiger partial charge is 0.241 e. The van der Waals surface area contributed by atoms with E-state index in [-0.39, 0.29) is 11.9 Å². The van der Waals surface area contributed by atoms with Gasteiger partial charge in [0.15, 0.2) is 0 Å². The van der Waals surface area contributed by atoms with Gasteiger partial charge in [0, 0.05) is 7.05 Å². The number of amides is 1. The van der Waals surface area contributed by atoms with Crippen molar-refractivity contribution in [2.45, 2.75) is 13.0 Å². The van der Waals surface area contributed by atoms with Crippen LogP contribution in [-0.2, 0) is 4.79 Å². The van der Waals surface area contributed by atoms with Crippen molar-refractivity contribution >= 4 is 17.5 Å². The van der Waals surface area contributed by atoms with Crippen LogP contribution in [0.15, 0.2) is 18.2 Å². The van der Waals surface area contributed by atoms with E-state index in [9.17, 15) is 4.79 Å². The van der Waals surface area contributed by atoms with Gasteiger partial charge in [0.25, 0.3) is 0 Å². The summed E-state index contributed by atoms with van der Waals surface area (Å²) in [5.74, 6) is 6.27. The SMILES string of the molecule is CNC(=O)C(C)Nc1cccc(NN)n1. The third-order valence-electron chi connectivity index (χ3n) is 1.90. The molecule has 0 spiro atoms. The summed E-state index contributed by atoms with van der Waals surface area (Å²) in [6.07, 6.45) is 0. The van der Waals surface area contributed by atoms with Crippen LogP contribution >= 0.6 is 0 Å². The van der Waals surface area contributed by atoms with Gasteiger partial charge in [0.2, 0.25) is 5.91 Å². The third kappa shape index (κ3) is 3.10. The largest absolute Gasteiger partial charge is 0.359 e. The van der Waals surface area contributed by atoms with E-state index in [0.717, 1.165) is 0 Å². The molecular weight excluding hydrogens is 194 g/mol. The lowest BCUT2D eigenvalue weighted by Crippen LogP contribution is -2.35. The van der Waals surface area contributed by atoms with Crippen LogP contribution < -0.4 is 21.9 Å². The Labute approximate surface area is 88.2 Å². The Bertz CT molecular complexity index is 341. The highest BCUT2D eigenvalue weighted by molar-refractivity contribution is 5.83. The molecule has 6 heteroatoms. The zero-order valence-electron chi connectivity index (χ0n) is 8.74. The predicted octanol–water partition coefficient (Wildman–Crippen LogP) is -0.0864. The molecule has 1 unspecified atom stereocenters. The van der Waals surface area contributed by atoms with Gasteiger partial charge in [-0.05, 0) is 19.1 Å². The second-order valence-electron chi connectivity index (χ2n) is 3.03. The Morgan fingerprint density at radius 1 is 1.47 bits per heavy atom. The average molecular weight is 209 g/mol. The molecule has 1 rings (SSSR count). The molecule has 0 saturated carbocycles. The molecule has 0 aliphatic rings. The quantitative estimate of drug-likeness (QED) is 0.411. The van der Waals surface area contributed by atoms with Crippen LogP contribution in [0.5, 0.6) is 0 Å². The molecule has 82 valence electrons. The van der Waals surface area contributed by atoms with Gasteiger partial charge in [-0.3, -0.25) is 4.79 Å². The number of nitrogens with two attached hydrogens (primary N) is 1. The molecular formula is C9H15N5O. The highest BCUT2D eigenvalue weighted by Crippen LogP contribution is 2.08. The number of likely N-dealkylation sites (N-methyl/N-ethyl adjacent to an activating group) is 1. The lowest BCUT2D eigenvalue weighted by molar-refractivity contribution is -0.121. The van der Waals surface area contributed by atoms with Gasteiger partial charge in [-0.25, -0.2) is 10.8 Å². The van der Waals surface area contributed by atoms with Crippen molar-refractivity contribution in [2.24, 2.45) is 5.84 Å². The summed E-state index contributed by atoms with van der Waals surface area (Å²) < 4.78 is 0. The second kappa shape index (κ2) is 5.16. The van der Waals surface area contributed by atoms with Crippen molar-refractivity contribution in [3.63, 3.8) is 0 Å². The topological polar surface area (TPSA) is 92.1 Å². The van der Waals surface area contributed by atoms with Gasteiger partial charge in [-0.15, -0.1) is 0 Å². The van der Waals surface area contributed by atoms with Gasteiger partial charge in [0.1, 0.15) is 17.7 Å². The van der Waals surface area contributed by atoms with Crippen molar-refractivity contribution in [1.29, 1.82) is 0 Å². The average Bonchev–Trinajstić information content (AvgIpc) is 2.28. The van der Waals surface area contributed by atoms with Crippen molar-refractivity contribution in [3.8, 4) is 0 Å². The number of carbonyl (C=O) groups excluding carboxylic acids is 1. The second-order valence-corrected chi connectivity index (χ2v) is 3.03. The molecule has 1 aromatic heterocycles.